The molecule has 1 atom stereocenters. The predicted octanol–water partition coefficient (Wildman–Crippen LogP) is 1.87. The van der Waals surface area contributed by atoms with Crippen molar-refractivity contribution in [1.82, 2.24) is 14.8 Å². The summed E-state index contributed by atoms with van der Waals surface area (Å²) in [5.74, 6) is 0.212. The zero-order valence-electron chi connectivity index (χ0n) is 15.2. The van der Waals surface area contributed by atoms with Crippen LogP contribution in [0, 0.1) is 6.92 Å². The Morgan fingerprint density at radius 3 is 2.62 bits per heavy atom. The number of ether oxygens (including phenoxy) is 1. The van der Waals surface area contributed by atoms with E-state index in [1.165, 1.54) is 0 Å². The molecule has 0 saturated carbocycles. The second-order valence-electron chi connectivity index (χ2n) is 7.16. The fraction of sp³-hybridized carbons (Fsp3) is 0.500. The number of piperazine rings is 1. The first-order valence-electron chi connectivity index (χ1n) is 9.38. The van der Waals surface area contributed by atoms with Crippen molar-refractivity contribution in [2.75, 3.05) is 32.8 Å². The van der Waals surface area contributed by atoms with Crippen LogP contribution in [0.25, 0.3) is 10.9 Å². The Balaban J connectivity index is 1.37. The van der Waals surface area contributed by atoms with Gasteiger partial charge in [0.25, 0.3) is 5.91 Å². The zero-order valence-corrected chi connectivity index (χ0v) is 15.2. The largest absolute Gasteiger partial charge is 0.368 e. The molecule has 2 saturated heterocycles. The van der Waals surface area contributed by atoms with Crippen molar-refractivity contribution in [3.8, 4) is 0 Å². The summed E-state index contributed by atoms with van der Waals surface area (Å²) in [5, 5.41) is 1.12. The van der Waals surface area contributed by atoms with Crippen molar-refractivity contribution in [2.45, 2.75) is 32.3 Å². The Hall–Kier alpha value is -2.34. The molecule has 2 amide bonds. The highest BCUT2D eigenvalue weighted by molar-refractivity contribution is 5.90. The fourth-order valence-electron chi connectivity index (χ4n) is 3.98. The summed E-state index contributed by atoms with van der Waals surface area (Å²) < 4.78 is 5.49. The number of aryl methyl sites for hydroxylation is 1. The maximum atomic E-state index is 12.8. The summed E-state index contributed by atoms with van der Waals surface area (Å²) in [6, 6.07) is 8.08. The SMILES string of the molecule is Cc1[nH]c2ccccc2c1CC(=O)N1CCN(C(=O)[C@H]2CCCO2)CC1. The van der Waals surface area contributed by atoms with Gasteiger partial charge in [-0.15, -0.1) is 0 Å². The molecule has 2 aliphatic rings. The first kappa shape index (κ1) is 17.1. The molecule has 0 radical (unpaired) electrons. The Kier molecular flexibility index (Phi) is 4.68. The number of aromatic nitrogens is 1. The molecular weight excluding hydrogens is 330 g/mol. The molecule has 3 heterocycles. The maximum absolute atomic E-state index is 12.8. The van der Waals surface area contributed by atoms with Gasteiger partial charge in [-0.05, 0) is 31.4 Å². The number of hydrogen-bond acceptors (Lipinski definition) is 3. The van der Waals surface area contributed by atoms with Crippen LogP contribution in [0.5, 0.6) is 0 Å². The number of amides is 2. The number of nitrogens with zero attached hydrogens (tertiary/aromatic N) is 2. The molecule has 0 bridgehead atoms. The number of aromatic amines is 1. The van der Waals surface area contributed by atoms with Gasteiger partial charge < -0.3 is 19.5 Å². The first-order valence-corrected chi connectivity index (χ1v) is 9.38. The molecule has 2 fully saturated rings. The van der Waals surface area contributed by atoms with Gasteiger partial charge in [0.2, 0.25) is 5.91 Å². The van der Waals surface area contributed by atoms with Gasteiger partial charge in [0.05, 0.1) is 6.42 Å². The number of hydrogen-bond donors (Lipinski definition) is 1. The lowest BCUT2D eigenvalue weighted by atomic mass is 10.1. The number of H-pyrrole nitrogens is 1. The average Bonchev–Trinajstić information content (AvgIpc) is 3.30. The minimum absolute atomic E-state index is 0.0853. The van der Waals surface area contributed by atoms with E-state index in [4.69, 9.17) is 4.74 Å². The highest BCUT2D eigenvalue weighted by atomic mass is 16.5. The van der Waals surface area contributed by atoms with E-state index in [1.54, 1.807) is 0 Å². The summed E-state index contributed by atoms with van der Waals surface area (Å²) in [7, 11) is 0. The minimum atomic E-state index is -0.272. The molecule has 2 aliphatic heterocycles. The van der Waals surface area contributed by atoms with Crippen molar-refractivity contribution in [3.05, 3.63) is 35.5 Å². The summed E-state index contributed by atoms with van der Waals surface area (Å²) in [5.41, 5.74) is 3.19. The van der Waals surface area contributed by atoms with Gasteiger partial charge >= 0.3 is 0 Å². The molecule has 2 aromatic rings. The van der Waals surface area contributed by atoms with Gasteiger partial charge in [-0.3, -0.25) is 9.59 Å². The molecule has 6 nitrogen and oxygen atoms in total. The normalized spacial score (nSPS) is 20.7. The number of nitrogens with one attached hydrogen (secondary N) is 1. The Morgan fingerprint density at radius 1 is 1.15 bits per heavy atom. The third-order valence-corrected chi connectivity index (χ3v) is 5.50. The lowest BCUT2D eigenvalue weighted by molar-refractivity contribution is -0.145. The minimum Gasteiger partial charge on any atom is -0.368 e. The first-order chi connectivity index (χ1) is 12.6. The number of carbonyl (C=O) groups is 2. The molecule has 0 unspecified atom stereocenters. The van der Waals surface area contributed by atoms with Gasteiger partial charge in [0.15, 0.2) is 0 Å². The van der Waals surface area contributed by atoms with E-state index in [2.05, 4.69) is 11.1 Å². The van der Waals surface area contributed by atoms with Gasteiger partial charge in [0.1, 0.15) is 6.10 Å². The van der Waals surface area contributed by atoms with Crippen molar-refractivity contribution in [3.63, 3.8) is 0 Å². The average molecular weight is 355 g/mol. The van der Waals surface area contributed by atoms with Gasteiger partial charge in [-0.25, -0.2) is 0 Å². The summed E-state index contributed by atoms with van der Waals surface area (Å²) >= 11 is 0. The highest BCUT2D eigenvalue weighted by Crippen LogP contribution is 2.23. The van der Waals surface area contributed by atoms with Crippen LogP contribution >= 0.6 is 0 Å². The van der Waals surface area contributed by atoms with Crippen molar-refractivity contribution in [1.29, 1.82) is 0 Å². The maximum Gasteiger partial charge on any atom is 0.251 e. The molecule has 0 aliphatic carbocycles. The summed E-state index contributed by atoms with van der Waals surface area (Å²) in [6.45, 7) is 5.08. The van der Waals surface area contributed by atoms with Crippen molar-refractivity contribution in [2.24, 2.45) is 0 Å². The van der Waals surface area contributed by atoms with E-state index in [9.17, 15) is 9.59 Å². The van der Waals surface area contributed by atoms with Crippen LogP contribution in [0.2, 0.25) is 0 Å². The molecule has 6 heteroatoms. The van der Waals surface area contributed by atoms with Crippen molar-refractivity contribution >= 4 is 22.7 Å². The Morgan fingerprint density at radius 2 is 1.88 bits per heavy atom. The fourth-order valence-corrected chi connectivity index (χ4v) is 3.98. The van der Waals surface area contributed by atoms with E-state index in [-0.39, 0.29) is 17.9 Å². The number of para-hydroxylation sites is 1. The monoisotopic (exact) mass is 355 g/mol. The standard InChI is InChI=1S/C20H25N3O3/c1-14-16(15-5-2-3-6-17(15)21-14)13-19(24)22-8-10-23(11-9-22)20(25)18-7-4-12-26-18/h2-3,5-6,18,21H,4,7-13H2,1H3/t18-/m1/s1. The van der Waals surface area contributed by atoms with Gasteiger partial charge in [0, 0.05) is 49.4 Å². The Labute approximate surface area is 153 Å². The van der Waals surface area contributed by atoms with E-state index in [0.29, 0.717) is 39.2 Å². The predicted molar refractivity (Wildman–Crippen MR) is 98.9 cm³/mol. The molecule has 138 valence electrons. The number of rotatable bonds is 3. The molecule has 1 aromatic heterocycles. The second kappa shape index (κ2) is 7.11. The number of fused-ring (bicyclic) bond motifs is 1. The molecular formula is C20H25N3O3. The quantitative estimate of drug-likeness (QED) is 0.914. The third-order valence-electron chi connectivity index (χ3n) is 5.50. The number of carbonyl (C=O) groups excluding carboxylic acids is 2. The second-order valence-corrected chi connectivity index (χ2v) is 7.16. The summed E-state index contributed by atoms with van der Waals surface area (Å²) in [4.78, 5) is 32.3. The van der Waals surface area contributed by atoms with Crippen LogP contribution in [0.4, 0.5) is 0 Å². The van der Waals surface area contributed by atoms with Crippen molar-refractivity contribution < 1.29 is 14.3 Å². The van der Waals surface area contributed by atoms with Crippen LogP contribution in [0.15, 0.2) is 24.3 Å². The van der Waals surface area contributed by atoms with Gasteiger partial charge in [-0.2, -0.15) is 0 Å². The molecule has 1 N–H and O–H groups in total. The number of benzene rings is 1. The van der Waals surface area contributed by atoms with E-state index >= 15 is 0 Å². The topological polar surface area (TPSA) is 65.6 Å². The van der Waals surface area contributed by atoms with Crippen LogP contribution < -0.4 is 0 Å². The van der Waals surface area contributed by atoms with Crippen LogP contribution in [-0.4, -0.2) is 65.5 Å². The third kappa shape index (κ3) is 3.21. The molecule has 1 aromatic carbocycles. The zero-order chi connectivity index (χ0) is 18.1. The lowest BCUT2D eigenvalue weighted by Crippen LogP contribution is -2.53. The van der Waals surface area contributed by atoms with E-state index < -0.39 is 0 Å². The van der Waals surface area contributed by atoms with Crippen LogP contribution in [0.3, 0.4) is 0 Å². The van der Waals surface area contributed by atoms with Crippen LogP contribution in [0.1, 0.15) is 24.1 Å². The van der Waals surface area contributed by atoms with E-state index in [0.717, 1.165) is 35.0 Å². The van der Waals surface area contributed by atoms with Gasteiger partial charge in [-0.1, -0.05) is 18.2 Å². The molecule has 4 rings (SSSR count). The van der Waals surface area contributed by atoms with Crippen LogP contribution in [-0.2, 0) is 20.7 Å². The molecule has 0 spiro atoms. The smallest absolute Gasteiger partial charge is 0.251 e. The highest BCUT2D eigenvalue weighted by Gasteiger charge is 2.31. The Bertz CT molecular complexity index is 815. The molecule has 26 heavy (non-hydrogen) atoms. The lowest BCUT2D eigenvalue weighted by Gasteiger charge is -2.35. The summed E-state index contributed by atoms with van der Waals surface area (Å²) in [6.07, 6.45) is 1.90. The van der Waals surface area contributed by atoms with E-state index in [1.807, 2.05) is 34.9 Å².